The molecule has 200 valence electrons. The predicted octanol–water partition coefficient (Wildman–Crippen LogP) is 6.25. The summed E-state index contributed by atoms with van der Waals surface area (Å²) in [6, 6.07) is 12.6. The minimum atomic E-state index is -4.97. The van der Waals surface area contributed by atoms with E-state index in [0.717, 1.165) is 33.0 Å². The molecule has 1 fully saturated rings. The van der Waals surface area contributed by atoms with E-state index < -0.39 is 34.5 Å². The van der Waals surface area contributed by atoms with Gasteiger partial charge < -0.3 is 4.90 Å². The minimum Gasteiger partial charge on any atom is -0.351 e. The first-order chi connectivity index (χ1) is 18.1. The maximum atomic E-state index is 15.1. The maximum absolute atomic E-state index is 15.1. The summed E-state index contributed by atoms with van der Waals surface area (Å²) in [7, 11) is 1.64. The fourth-order valence-electron chi connectivity index (χ4n) is 5.00. The van der Waals surface area contributed by atoms with Crippen LogP contribution in [0.4, 0.5) is 27.8 Å². The summed E-state index contributed by atoms with van der Waals surface area (Å²) >= 11 is 1.70. The first-order valence-corrected chi connectivity index (χ1v) is 13.2. The van der Waals surface area contributed by atoms with E-state index in [9.17, 15) is 17.6 Å². The average Bonchev–Trinajstić information content (AvgIpc) is 3.22. The van der Waals surface area contributed by atoms with Crippen LogP contribution in [0.5, 0.6) is 0 Å². The van der Waals surface area contributed by atoms with Crippen molar-refractivity contribution in [2.75, 3.05) is 30.8 Å². The van der Waals surface area contributed by atoms with Crippen LogP contribution in [0.15, 0.2) is 48.7 Å². The largest absolute Gasteiger partial charge is 0.419 e. The Morgan fingerprint density at radius 1 is 1.05 bits per heavy atom. The molecule has 0 radical (unpaired) electrons. The Bertz CT molecular complexity index is 1470. The molecule has 3 heterocycles. The molecule has 11 heteroatoms. The molecule has 1 aliphatic rings. The smallest absolute Gasteiger partial charge is 0.351 e. The number of anilines is 1. The van der Waals surface area contributed by atoms with Crippen molar-refractivity contribution in [2.45, 2.75) is 25.6 Å². The van der Waals surface area contributed by atoms with Crippen LogP contribution >= 0.6 is 11.9 Å². The van der Waals surface area contributed by atoms with Gasteiger partial charge in [-0.05, 0) is 31.2 Å². The Hall–Kier alpha value is -3.18. The van der Waals surface area contributed by atoms with Crippen LogP contribution in [0.25, 0.3) is 22.2 Å². The Kier molecular flexibility index (Phi) is 7.08. The highest BCUT2D eigenvalue weighted by atomic mass is 32.2. The summed E-state index contributed by atoms with van der Waals surface area (Å²) in [6.07, 6.45) is -0.593. The number of aromatic nitrogens is 3. The molecular formula is C27H26F5N5S. The van der Waals surface area contributed by atoms with Gasteiger partial charge in [0.15, 0.2) is 0 Å². The Labute approximate surface area is 221 Å². The summed E-state index contributed by atoms with van der Waals surface area (Å²) in [5, 5.41) is 4.72. The minimum absolute atomic E-state index is 0.0133. The first-order valence-electron chi connectivity index (χ1n) is 12.1. The number of alkyl halides is 3. The second kappa shape index (κ2) is 10.2. The van der Waals surface area contributed by atoms with E-state index >= 15 is 4.39 Å². The molecule has 0 amide bonds. The Balaban J connectivity index is 1.56. The number of fused-ring (bicyclic) bond motifs is 1. The van der Waals surface area contributed by atoms with Crippen LogP contribution in [0, 0.1) is 18.6 Å². The van der Waals surface area contributed by atoms with Gasteiger partial charge in [0.1, 0.15) is 23.1 Å². The fourth-order valence-corrected chi connectivity index (χ4v) is 5.59. The predicted molar refractivity (Wildman–Crippen MR) is 140 cm³/mol. The topological polar surface area (TPSA) is 37.2 Å². The fraction of sp³-hybridized carbons (Fsp3) is 0.333. The van der Waals surface area contributed by atoms with Gasteiger partial charge in [0.2, 0.25) is 0 Å². The molecular weight excluding hydrogens is 521 g/mol. The van der Waals surface area contributed by atoms with Crippen LogP contribution in [-0.2, 0) is 19.6 Å². The van der Waals surface area contributed by atoms with Gasteiger partial charge in [-0.25, -0.2) is 18.1 Å². The molecule has 2 aromatic heterocycles. The van der Waals surface area contributed by atoms with Gasteiger partial charge in [0.05, 0.1) is 11.1 Å². The van der Waals surface area contributed by atoms with Crippen LogP contribution in [0.1, 0.15) is 16.7 Å². The number of halogens is 5. The normalized spacial score (nSPS) is 16.9. The molecule has 0 saturated carbocycles. The highest BCUT2D eigenvalue weighted by Gasteiger charge is 2.37. The van der Waals surface area contributed by atoms with Crippen molar-refractivity contribution in [2.24, 2.45) is 7.05 Å². The molecule has 0 aliphatic carbocycles. The van der Waals surface area contributed by atoms with Gasteiger partial charge in [-0.15, -0.1) is 0 Å². The standard InChI is InChI=1S/C27H26F5N5S/c1-16-24(28)19(12-21(25(16)29)27(30,31)32)26-20-14-33-23(13-22(20)35(2)34-26)37-10-9-36(38-3)15-18(37)11-17-7-5-4-6-8-17/h4-8,12-14,18H,9-11,15H2,1-3H3. The van der Waals surface area contributed by atoms with E-state index in [1.54, 1.807) is 19.0 Å². The lowest BCUT2D eigenvalue weighted by atomic mass is 10.00. The molecule has 0 N–H and O–H groups in total. The average molecular weight is 548 g/mol. The van der Waals surface area contributed by atoms with Crippen molar-refractivity contribution in [3.05, 3.63) is 77.0 Å². The quantitative estimate of drug-likeness (QED) is 0.218. The molecule has 0 bridgehead atoms. The van der Waals surface area contributed by atoms with E-state index in [4.69, 9.17) is 0 Å². The third kappa shape index (κ3) is 4.84. The van der Waals surface area contributed by atoms with E-state index in [2.05, 4.69) is 37.7 Å². The maximum Gasteiger partial charge on any atom is 0.419 e. The third-order valence-electron chi connectivity index (χ3n) is 7.01. The molecule has 1 atom stereocenters. The SMILES string of the molecule is CSN1CCN(c2cc3c(cn2)c(-c2cc(C(F)(F)F)c(F)c(C)c2F)nn3C)C(Cc2ccccc2)C1. The molecule has 1 saturated heterocycles. The van der Waals surface area contributed by atoms with Crippen molar-refractivity contribution >= 4 is 28.7 Å². The van der Waals surface area contributed by atoms with E-state index in [0.29, 0.717) is 22.8 Å². The van der Waals surface area contributed by atoms with Crippen LogP contribution in [0.2, 0.25) is 0 Å². The molecule has 5 nitrogen and oxygen atoms in total. The summed E-state index contributed by atoms with van der Waals surface area (Å²) in [4.78, 5) is 6.87. The van der Waals surface area contributed by atoms with Crippen LogP contribution in [-0.4, -0.2) is 51.0 Å². The van der Waals surface area contributed by atoms with Crippen molar-refractivity contribution in [1.82, 2.24) is 19.1 Å². The summed E-state index contributed by atoms with van der Waals surface area (Å²) in [5.41, 5.74) is -0.853. The van der Waals surface area contributed by atoms with Gasteiger partial charge >= 0.3 is 6.18 Å². The number of rotatable bonds is 5. The second-order valence-electron chi connectivity index (χ2n) is 9.36. The summed E-state index contributed by atoms with van der Waals surface area (Å²) in [6.45, 7) is 3.39. The van der Waals surface area contributed by atoms with Crippen LogP contribution in [0.3, 0.4) is 0 Å². The zero-order valence-electron chi connectivity index (χ0n) is 21.1. The zero-order chi connectivity index (χ0) is 27.2. The van der Waals surface area contributed by atoms with E-state index in [-0.39, 0.29) is 11.7 Å². The van der Waals surface area contributed by atoms with Crippen molar-refractivity contribution in [3.63, 3.8) is 0 Å². The highest BCUT2D eigenvalue weighted by Crippen LogP contribution is 2.39. The molecule has 1 unspecified atom stereocenters. The molecule has 5 rings (SSSR count). The van der Waals surface area contributed by atoms with Crippen molar-refractivity contribution in [3.8, 4) is 11.3 Å². The summed E-state index contributed by atoms with van der Waals surface area (Å²) < 4.78 is 73.5. The van der Waals surface area contributed by atoms with Gasteiger partial charge in [0, 0.05) is 61.5 Å². The van der Waals surface area contributed by atoms with Crippen molar-refractivity contribution < 1.29 is 22.0 Å². The number of aryl methyl sites for hydroxylation is 1. The van der Waals surface area contributed by atoms with E-state index in [1.807, 2.05) is 24.3 Å². The van der Waals surface area contributed by atoms with Gasteiger partial charge in [-0.1, -0.05) is 42.3 Å². The molecule has 4 aromatic rings. The highest BCUT2D eigenvalue weighted by molar-refractivity contribution is 7.96. The van der Waals surface area contributed by atoms with Gasteiger partial charge in [-0.3, -0.25) is 4.68 Å². The molecule has 2 aromatic carbocycles. The first kappa shape index (κ1) is 26.4. The second-order valence-corrected chi connectivity index (χ2v) is 10.2. The third-order valence-corrected chi connectivity index (χ3v) is 7.86. The Morgan fingerprint density at radius 3 is 2.47 bits per heavy atom. The number of benzene rings is 2. The lowest BCUT2D eigenvalue weighted by Crippen LogP contribution is -2.52. The van der Waals surface area contributed by atoms with Crippen molar-refractivity contribution in [1.29, 1.82) is 0 Å². The van der Waals surface area contributed by atoms with E-state index in [1.165, 1.54) is 16.4 Å². The number of hydrogen-bond donors (Lipinski definition) is 0. The zero-order valence-corrected chi connectivity index (χ0v) is 21.9. The van der Waals surface area contributed by atoms with Crippen LogP contribution < -0.4 is 4.90 Å². The number of nitrogens with zero attached hydrogens (tertiary/aromatic N) is 5. The number of hydrogen-bond acceptors (Lipinski definition) is 5. The van der Waals surface area contributed by atoms with Gasteiger partial charge in [0.25, 0.3) is 0 Å². The molecule has 1 aliphatic heterocycles. The molecule has 0 spiro atoms. The number of piperazine rings is 1. The number of pyridine rings is 1. The lowest BCUT2D eigenvalue weighted by Gasteiger charge is -2.41. The molecule has 38 heavy (non-hydrogen) atoms. The van der Waals surface area contributed by atoms with Gasteiger partial charge in [-0.2, -0.15) is 18.3 Å². The monoisotopic (exact) mass is 547 g/mol. The lowest BCUT2D eigenvalue weighted by molar-refractivity contribution is -0.140. The summed E-state index contributed by atoms with van der Waals surface area (Å²) in [5.74, 6) is -1.98. The Morgan fingerprint density at radius 2 is 1.79 bits per heavy atom.